The molecule has 0 radical (unpaired) electrons. The third kappa shape index (κ3) is 4.08. The number of nitrogens with two attached hydrogens (primary N) is 1. The zero-order valence-corrected chi connectivity index (χ0v) is 13.5. The van der Waals surface area contributed by atoms with Gasteiger partial charge in [0.1, 0.15) is 0 Å². The summed E-state index contributed by atoms with van der Waals surface area (Å²) in [6.45, 7) is 3.97. The first kappa shape index (κ1) is 17.3. The zero-order valence-electron chi connectivity index (χ0n) is 12.6. The highest BCUT2D eigenvalue weighted by atomic mass is 32.2. The SMILES string of the molecule is CNC(=O)C(C)(C)CNc1ccc(S(=O)(=O)NC)cc1N. The fourth-order valence-corrected chi connectivity index (χ4v) is 2.49. The van der Waals surface area contributed by atoms with Gasteiger partial charge in [-0.2, -0.15) is 0 Å². The molecule has 0 unspecified atom stereocenters. The minimum Gasteiger partial charge on any atom is -0.397 e. The van der Waals surface area contributed by atoms with Crippen LogP contribution in [0.4, 0.5) is 11.4 Å². The lowest BCUT2D eigenvalue weighted by Crippen LogP contribution is -2.39. The number of anilines is 2. The van der Waals surface area contributed by atoms with E-state index >= 15 is 0 Å². The molecule has 21 heavy (non-hydrogen) atoms. The molecule has 5 N–H and O–H groups in total. The first-order chi connectivity index (χ1) is 9.64. The van der Waals surface area contributed by atoms with Crippen LogP contribution in [0.2, 0.25) is 0 Å². The molecule has 8 heteroatoms. The second kappa shape index (κ2) is 6.31. The summed E-state index contributed by atoms with van der Waals surface area (Å²) in [4.78, 5) is 11.8. The van der Waals surface area contributed by atoms with Crippen LogP contribution in [-0.4, -0.2) is 35.0 Å². The maximum Gasteiger partial charge on any atom is 0.240 e. The van der Waals surface area contributed by atoms with E-state index in [4.69, 9.17) is 5.73 Å². The molecular weight excluding hydrogens is 292 g/mol. The van der Waals surface area contributed by atoms with Gasteiger partial charge in [0.15, 0.2) is 0 Å². The predicted molar refractivity (Wildman–Crippen MR) is 83.4 cm³/mol. The molecule has 1 aromatic rings. The molecule has 0 aromatic heterocycles. The Morgan fingerprint density at radius 3 is 2.38 bits per heavy atom. The van der Waals surface area contributed by atoms with Crippen molar-refractivity contribution in [3.8, 4) is 0 Å². The van der Waals surface area contributed by atoms with Crippen molar-refractivity contribution in [1.29, 1.82) is 0 Å². The number of benzene rings is 1. The summed E-state index contributed by atoms with van der Waals surface area (Å²) in [6, 6.07) is 4.41. The van der Waals surface area contributed by atoms with E-state index in [0.29, 0.717) is 17.9 Å². The van der Waals surface area contributed by atoms with Crippen LogP contribution in [0.15, 0.2) is 23.1 Å². The minimum atomic E-state index is -3.52. The van der Waals surface area contributed by atoms with Crippen molar-refractivity contribution in [3.05, 3.63) is 18.2 Å². The van der Waals surface area contributed by atoms with E-state index in [-0.39, 0.29) is 10.8 Å². The van der Waals surface area contributed by atoms with E-state index in [1.807, 2.05) is 0 Å². The van der Waals surface area contributed by atoms with Crippen LogP contribution in [-0.2, 0) is 14.8 Å². The van der Waals surface area contributed by atoms with Crippen LogP contribution in [0.5, 0.6) is 0 Å². The average molecular weight is 314 g/mol. The zero-order chi connectivity index (χ0) is 16.3. The Bertz CT molecular complexity index is 626. The van der Waals surface area contributed by atoms with Gasteiger partial charge in [0, 0.05) is 13.6 Å². The summed E-state index contributed by atoms with van der Waals surface area (Å²) < 4.78 is 25.6. The van der Waals surface area contributed by atoms with Gasteiger partial charge in [-0.3, -0.25) is 4.79 Å². The second-order valence-corrected chi connectivity index (χ2v) is 7.16. The van der Waals surface area contributed by atoms with E-state index in [1.54, 1.807) is 27.0 Å². The van der Waals surface area contributed by atoms with Crippen molar-refractivity contribution < 1.29 is 13.2 Å². The van der Waals surface area contributed by atoms with Gasteiger partial charge in [0.2, 0.25) is 15.9 Å². The van der Waals surface area contributed by atoms with Crippen molar-refractivity contribution in [3.63, 3.8) is 0 Å². The van der Waals surface area contributed by atoms with Gasteiger partial charge >= 0.3 is 0 Å². The van der Waals surface area contributed by atoms with Crippen molar-refractivity contribution >= 4 is 27.3 Å². The van der Waals surface area contributed by atoms with Crippen LogP contribution in [0.1, 0.15) is 13.8 Å². The third-order valence-corrected chi connectivity index (χ3v) is 4.58. The van der Waals surface area contributed by atoms with Gasteiger partial charge in [-0.15, -0.1) is 0 Å². The van der Waals surface area contributed by atoms with Crippen molar-refractivity contribution in [2.24, 2.45) is 5.41 Å². The number of carbonyl (C=O) groups excluding carboxylic acids is 1. The van der Waals surface area contributed by atoms with Crippen LogP contribution in [0.3, 0.4) is 0 Å². The monoisotopic (exact) mass is 314 g/mol. The molecule has 0 spiro atoms. The molecule has 0 saturated carbocycles. The highest BCUT2D eigenvalue weighted by Crippen LogP contribution is 2.24. The quantitative estimate of drug-likeness (QED) is 0.566. The second-order valence-electron chi connectivity index (χ2n) is 5.27. The molecular formula is C13H22N4O3S. The lowest BCUT2D eigenvalue weighted by Gasteiger charge is -2.24. The molecule has 1 aromatic carbocycles. The van der Waals surface area contributed by atoms with Gasteiger partial charge < -0.3 is 16.4 Å². The number of rotatable bonds is 6. The Labute approximate surface area is 125 Å². The van der Waals surface area contributed by atoms with Gasteiger partial charge in [-0.25, -0.2) is 13.1 Å². The molecule has 0 atom stereocenters. The predicted octanol–water partition coefficient (Wildman–Crippen LogP) is 0.361. The summed E-state index contributed by atoms with van der Waals surface area (Å²) >= 11 is 0. The summed E-state index contributed by atoms with van der Waals surface area (Å²) in [6.07, 6.45) is 0. The molecule has 0 aliphatic rings. The van der Waals surface area contributed by atoms with Crippen LogP contribution >= 0.6 is 0 Å². The molecule has 0 aliphatic heterocycles. The number of nitrogen functional groups attached to an aromatic ring is 1. The lowest BCUT2D eigenvalue weighted by atomic mass is 9.92. The number of nitrogens with one attached hydrogen (secondary N) is 3. The minimum absolute atomic E-state index is 0.0945. The van der Waals surface area contributed by atoms with Crippen LogP contribution in [0.25, 0.3) is 0 Å². The number of hydrogen-bond acceptors (Lipinski definition) is 5. The molecule has 7 nitrogen and oxygen atoms in total. The Kier molecular flexibility index (Phi) is 5.19. The maximum atomic E-state index is 11.7. The Balaban J connectivity index is 2.90. The van der Waals surface area contributed by atoms with Crippen molar-refractivity contribution in [2.45, 2.75) is 18.7 Å². The van der Waals surface area contributed by atoms with Crippen LogP contribution in [0, 0.1) is 5.41 Å². The standard InChI is InChI=1S/C13H22N4O3S/c1-13(2,12(18)15-3)8-17-11-6-5-9(7-10(11)14)21(19,20)16-4/h5-7,16-17H,8,14H2,1-4H3,(H,15,18). The largest absolute Gasteiger partial charge is 0.397 e. The van der Waals surface area contributed by atoms with Crippen molar-refractivity contribution in [1.82, 2.24) is 10.0 Å². The van der Waals surface area contributed by atoms with E-state index in [2.05, 4.69) is 15.4 Å². The summed E-state index contributed by atoms with van der Waals surface area (Å²) in [5.74, 6) is -0.0945. The van der Waals surface area contributed by atoms with Gasteiger partial charge in [0.25, 0.3) is 0 Å². The Morgan fingerprint density at radius 2 is 1.90 bits per heavy atom. The van der Waals surface area contributed by atoms with Gasteiger partial charge in [-0.1, -0.05) is 0 Å². The summed E-state index contributed by atoms with van der Waals surface area (Å²) in [5.41, 5.74) is 6.13. The number of carbonyl (C=O) groups is 1. The third-order valence-electron chi connectivity index (χ3n) is 3.16. The number of hydrogen-bond donors (Lipinski definition) is 4. The van der Waals surface area contributed by atoms with E-state index < -0.39 is 15.4 Å². The topological polar surface area (TPSA) is 113 Å². The van der Waals surface area contributed by atoms with E-state index in [1.165, 1.54) is 19.2 Å². The molecule has 0 aliphatic carbocycles. The van der Waals surface area contributed by atoms with Crippen LogP contribution < -0.4 is 21.1 Å². The van der Waals surface area contributed by atoms with Gasteiger partial charge in [-0.05, 0) is 39.1 Å². The molecule has 1 amide bonds. The fraction of sp³-hybridized carbons (Fsp3) is 0.462. The number of amides is 1. The smallest absolute Gasteiger partial charge is 0.240 e. The molecule has 1 rings (SSSR count). The van der Waals surface area contributed by atoms with E-state index in [0.717, 1.165) is 0 Å². The molecule has 0 fully saturated rings. The number of sulfonamides is 1. The van der Waals surface area contributed by atoms with Gasteiger partial charge in [0.05, 0.1) is 21.7 Å². The highest BCUT2D eigenvalue weighted by Gasteiger charge is 2.26. The van der Waals surface area contributed by atoms with E-state index in [9.17, 15) is 13.2 Å². The molecule has 0 bridgehead atoms. The average Bonchev–Trinajstić information content (AvgIpc) is 2.44. The first-order valence-corrected chi connectivity index (χ1v) is 7.91. The van der Waals surface area contributed by atoms with Crippen molar-refractivity contribution in [2.75, 3.05) is 31.7 Å². The highest BCUT2D eigenvalue weighted by molar-refractivity contribution is 7.89. The summed E-state index contributed by atoms with van der Waals surface area (Å²) in [7, 11) is -0.604. The molecule has 118 valence electrons. The lowest BCUT2D eigenvalue weighted by molar-refractivity contribution is -0.128. The molecule has 0 heterocycles. The Hall–Kier alpha value is -1.80. The summed E-state index contributed by atoms with van der Waals surface area (Å²) in [5, 5.41) is 5.66. The normalized spacial score (nSPS) is 12.0. The fourth-order valence-electron chi connectivity index (χ4n) is 1.72. The first-order valence-electron chi connectivity index (χ1n) is 6.43. The molecule has 0 saturated heterocycles. The Morgan fingerprint density at radius 1 is 1.29 bits per heavy atom. The maximum absolute atomic E-state index is 11.7.